The zero-order valence-electron chi connectivity index (χ0n) is 16.8. The van der Waals surface area contributed by atoms with E-state index in [-0.39, 0.29) is 10.8 Å². The number of benzene rings is 2. The summed E-state index contributed by atoms with van der Waals surface area (Å²) < 4.78 is 27.1. The molecule has 0 radical (unpaired) electrons. The topological polar surface area (TPSA) is 69.7 Å². The van der Waals surface area contributed by atoms with E-state index in [1.165, 1.54) is 23.5 Å². The van der Waals surface area contributed by atoms with Crippen molar-refractivity contribution >= 4 is 27.3 Å². The summed E-state index contributed by atoms with van der Waals surface area (Å²) in [4.78, 5) is 14.6. The molecule has 28 heavy (non-hydrogen) atoms. The lowest BCUT2D eigenvalue weighted by atomic mass is 10.3. The average Bonchev–Trinajstić information content (AvgIpc) is 2.68. The summed E-state index contributed by atoms with van der Waals surface area (Å²) in [5.41, 5.74) is 1.05. The van der Waals surface area contributed by atoms with Crippen molar-refractivity contribution in [2.45, 2.75) is 31.6 Å². The monoisotopic (exact) mass is 403 g/mol. The van der Waals surface area contributed by atoms with Crippen LogP contribution in [-0.4, -0.2) is 45.9 Å². The fraction of sp³-hybridized carbons (Fsp3) is 0.381. The van der Waals surface area contributed by atoms with Gasteiger partial charge in [-0.25, -0.2) is 8.42 Å². The highest BCUT2D eigenvalue weighted by molar-refractivity contribution is 7.92. The van der Waals surface area contributed by atoms with Gasteiger partial charge in [-0.3, -0.25) is 14.0 Å². The summed E-state index contributed by atoms with van der Waals surface area (Å²) >= 11 is 0. The fourth-order valence-corrected chi connectivity index (χ4v) is 4.22. The Hall–Kier alpha value is -2.38. The molecular formula is C21H29N3O3S. The number of hydrogen-bond acceptors (Lipinski definition) is 4. The maximum atomic E-state index is 12.9. The second-order valence-corrected chi connectivity index (χ2v) is 8.63. The van der Waals surface area contributed by atoms with Crippen molar-refractivity contribution in [3.8, 4) is 0 Å². The van der Waals surface area contributed by atoms with Crippen LogP contribution in [0.3, 0.4) is 0 Å². The molecule has 0 aromatic heterocycles. The number of nitrogens with one attached hydrogen (secondary N) is 1. The van der Waals surface area contributed by atoms with Gasteiger partial charge in [0.2, 0.25) is 5.91 Å². The summed E-state index contributed by atoms with van der Waals surface area (Å²) in [5.74, 6) is -0.145. The third-order valence-electron chi connectivity index (χ3n) is 4.34. The molecule has 6 nitrogen and oxygen atoms in total. The van der Waals surface area contributed by atoms with Crippen molar-refractivity contribution in [3.63, 3.8) is 0 Å². The molecule has 0 unspecified atom stereocenters. The smallest absolute Gasteiger partial charge is 0.264 e. The molecular weight excluding hydrogens is 374 g/mol. The summed E-state index contributed by atoms with van der Waals surface area (Å²) in [7, 11) is -2.20. The molecule has 2 aromatic rings. The molecule has 0 aliphatic rings. The zero-order valence-corrected chi connectivity index (χ0v) is 17.6. The van der Waals surface area contributed by atoms with Gasteiger partial charge < -0.3 is 5.32 Å². The molecule has 0 saturated heterocycles. The van der Waals surface area contributed by atoms with Gasteiger partial charge >= 0.3 is 0 Å². The van der Waals surface area contributed by atoms with Crippen molar-refractivity contribution in [2.75, 3.05) is 36.3 Å². The second kappa shape index (κ2) is 10.2. The van der Waals surface area contributed by atoms with Crippen LogP contribution in [0.5, 0.6) is 0 Å². The van der Waals surface area contributed by atoms with E-state index >= 15 is 0 Å². The van der Waals surface area contributed by atoms with Gasteiger partial charge in [-0.2, -0.15) is 0 Å². The maximum absolute atomic E-state index is 12.9. The fourth-order valence-electron chi connectivity index (χ4n) is 2.98. The lowest BCUT2D eigenvalue weighted by Gasteiger charge is -2.21. The number of carbonyl (C=O) groups excluding carboxylic acids is 1. The van der Waals surface area contributed by atoms with Crippen molar-refractivity contribution in [3.05, 3.63) is 54.6 Å². The van der Waals surface area contributed by atoms with E-state index < -0.39 is 10.0 Å². The van der Waals surface area contributed by atoms with Gasteiger partial charge in [0.05, 0.1) is 17.1 Å². The zero-order chi connectivity index (χ0) is 20.6. The molecule has 0 aliphatic heterocycles. The second-order valence-electron chi connectivity index (χ2n) is 6.66. The lowest BCUT2D eigenvalue weighted by molar-refractivity contribution is -0.117. The number of sulfonamides is 1. The van der Waals surface area contributed by atoms with Gasteiger partial charge in [0.25, 0.3) is 10.0 Å². The van der Waals surface area contributed by atoms with Crippen molar-refractivity contribution in [1.29, 1.82) is 0 Å². The first-order valence-corrected chi connectivity index (χ1v) is 11.0. The Morgan fingerprint density at radius 1 is 0.964 bits per heavy atom. The average molecular weight is 404 g/mol. The molecule has 0 atom stereocenters. The number of rotatable bonds is 10. The predicted molar refractivity (Wildman–Crippen MR) is 114 cm³/mol. The number of amides is 1. The first-order valence-electron chi connectivity index (χ1n) is 9.54. The number of anilines is 2. The van der Waals surface area contributed by atoms with Gasteiger partial charge in [0.1, 0.15) is 0 Å². The molecule has 2 rings (SSSR count). The van der Waals surface area contributed by atoms with Crippen LogP contribution in [0.2, 0.25) is 0 Å². The van der Waals surface area contributed by atoms with Crippen LogP contribution in [0.1, 0.15) is 26.7 Å². The van der Waals surface area contributed by atoms with Crippen LogP contribution in [0.4, 0.5) is 11.4 Å². The van der Waals surface area contributed by atoms with E-state index in [1.807, 2.05) is 6.07 Å². The third kappa shape index (κ3) is 5.81. The SMILES string of the molecule is CCCN(CCC)CC(=O)Nc1cccc(S(=O)(=O)N(C)c2ccccc2)c1. The summed E-state index contributed by atoms with van der Waals surface area (Å²) in [6.45, 7) is 6.17. The molecule has 7 heteroatoms. The molecule has 0 aliphatic carbocycles. The van der Waals surface area contributed by atoms with Gasteiger partial charge in [0, 0.05) is 12.7 Å². The normalized spacial score (nSPS) is 11.4. The van der Waals surface area contributed by atoms with Gasteiger partial charge in [0.15, 0.2) is 0 Å². The van der Waals surface area contributed by atoms with Crippen molar-refractivity contribution in [2.24, 2.45) is 0 Å². The van der Waals surface area contributed by atoms with Crippen LogP contribution >= 0.6 is 0 Å². The minimum atomic E-state index is -3.72. The Morgan fingerprint density at radius 2 is 1.61 bits per heavy atom. The molecule has 1 N–H and O–H groups in total. The summed E-state index contributed by atoms with van der Waals surface area (Å²) in [6.07, 6.45) is 1.96. The van der Waals surface area contributed by atoms with E-state index in [1.54, 1.807) is 36.4 Å². The number of hydrogen-bond donors (Lipinski definition) is 1. The van der Waals surface area contributed by atoms with Crippen molar-refractivity contribution < 1.29 is 13.2 Å². The highest BCUT2D eigenvalue weighted by atomic mass is 32.2. The van der Waals surface area contributed by atoms with Crippen molar-refractivity contribution in [1.82, 2.24) is 4.90 Å². The van der Waals surface area contributed by atoms with E-state index in [9.17, 15) is 13.2 Å². The third-order valence-corrected chi connectivity index (χ3v) is 6.12. The summed E-state index contributed by atoms with van der Waals surface area (Å²) in [5, 5.41) is 2.82. The van der Waals surface area contributed by atoms with Gasteiger partial charge in [-0.05, 0) is 56.3 Å². The Balaban J connectivity index is 2.14. The molecule has 0 spiro atoms. The number of nitrogens with zero attached hydrogens (tertiary/aromatic N) is 2. The Kier molecular flexibility index (Phi) is 8.02. The Labute approximate surface area is 168 Å². The highest BCUT2D eigenvalue weighted by Crippen LogP contribution is 2.23. The standard InChI is InChI=1S/C21H29N3O3S/c1-4-14-24(15-5-2)17-21(25)22-18-10-9-13-20(16-18)28(26,27)23(3)19-11-7-6-8-12-19/h6-13,16H,4-5,14-15,17H2,1-3H3,(H,22,25). The molecule has 2 aromatic carbocycles. The molecule has 0 bridgehead atoms. The largest absolute Gasteiger partial charge is 0.325 e. The highest BCUT2D eigenvalue weighted by Gasteiger charge is 2.21. The first kappa shape index (κ1) is 21.9. The Morgan fingerprint density at radius 3 is 2.21 bits per heavy atom. The predicted octanol–water partition coefficient (Wildman–Crippen LogP) is 3.57. The number of carbonyl (C=O) groups is 1. The molecule has 0 heterocycles. The molecule has 0 saturated carbocycles. The molecule has 0 fully saturated rings. The van der Waals surface area contributed by atoms with E-state index in [2.05, 4.69) is 24.1 Å². The quantitative estimate of drug-likeness (QED) is 0.658. The number of para-hydroxylation sites is 1. The van der Waals surface area contributed by atoms with Crippen LogP contribution in [0.25, 0.3) is 0 Å². The minimum Gasteiger partial charge on any atom is -0.325 e. The van der Waals surface area contributed by atoms with E-state index in [4.69, 9.17) is 0 Å². The van der Waals surface area contributed by atoms with E-state index in [0.29, 0.717) is 17.9 Å². The van der Waals surface area contributed by atoms with Crippen LogP contribution in [0.15, 0.2) is 59.5 Å². The molecule has 1 amide bonds. The maximum Gasteiger partial charge on any atom is 0.264 e. The summed E-state index contributed by atoms with van der Waals surface area (Å²) in [6, 6.07) is 15.2. The molecule has 152 valence electrons. The van der Waals surface area contributed by atoms with Crippen LogP contribution in [-0.2, 0) is 14.8 Å². The van der Waals surface area contributed by atoms with Gasteiger partial charge in [-0.15, -0.1) is 0 Å². The van der Waals surface area contributed by atoms with Crippen LogP contribution < -0.4 is 9.62 Å². The minimum absolute atomic E-state index is 0.135. The van der Waals surface area contributed by atoms with Gasteiger partial charge in [-0.1, -0.05) is 38.1 Å². The Bertz CT molecular complexity index is 863. The van der Waals surface area contributed by atoms with E-state index in [0.717, 1.165) is 25.9 Å². The lowest BCUT2D eigenvalue weighted by Crippen LogP contribution is -2.34. The van der Waals surface area contributed by atoms with Crippen LogP contribution in [0, 0.1) is 0 Å². The first-order chi connectivity index (χ1) is 13.4.